The molecular weight excluding hydrogens is 325 g/mol. The van der Waals surface area contributed by atoms with Crippen molar-refractivity contribution in [1.29, 1.82) is 0 Å². The van der Waals surface area contributed by atoms with Crippen LogP contribution in [0.2, 0.25) is 0 Å². The maximum absolute atomic E-state index is 5.98. The van der Waals surface area contributed by atoms with Gasteiger partial charge in [0.15, 0.2) is 0 Å². The molecule has 0 aromatic heterocycles. The lowest BCUT2D eigenvalue weighted by molar-refractivity contribution is 0.257. The summed E-state index contributed by atoms with van der Waals surface area (Å²) in [6.45, 7) is 1.70. The number of nitrogens with zero attached hydrogens (tertiary/aromatic N) is 1. The summed E-state index contributed by atoms with van der Waals surface area (Å²) in [4.78, 5) is 2.38. The fraction of sp³-hybridized carbons (Fsp3) is 0.294. The predicted molar refractivity (Wildman–Crippen MR) is 94.0 cm³/mol. The average Bonchev–Trinajstić information content (AvgIpc) is 2.82. The molecule has 1 aliphatic carbocycles. The minimum Gasteiger partial charge on any atom is -0.290 e. The first-order valence-corrected chi connectivity index (χ1v) is 7.98. The molecular formula is C17H18Cl3N. The van der Waals surface area contributed by atoms with E-state index in [-0.39, 0.29) is 18.4 Å². The van der Waals surface area contributed by atoms with E-state index >= 15 is 0 Å². The molecule has 21 heavy (non-hydrogen) atoms. The molecule has 2 aromatic rings. The standard InChI is InChI=1S/C17H17Cl2N.ClH/c18-9-11-20(12-10-19)17-15-7-3-1-5-13(15)14-6-2-4-8-16(14)17;/h1-8,17H,9-12H2;1H. The number of hydrogen-bond donors (Lipinski definition) is 0. The van der Waals surface area contributed by atoms with Gasteiger partial charge in [-0.25, -0.2) is 0 Å². The lowest BCUT2D eigenvalue weighted by Gasteiger charge is -2.29. The van der Waals surface area contributed by atoms with Gasteiger partial charge in [0.1, 0.15) is 0 Å². The third kappa shape index (κ3) is 3.07. The van der Waals surface area contributed by atoms with Crippen LogP contribution in [-0.2, 0) is 0 Å². The van der Waals surface area contributed by atoms with E-state index in [4.69, 9.17) is 23.2 Å². The van der Waals surface area contributed by atoms with Crippen LogP contribution in [0.3, 0.4) is 0 Å². The Kier molecular flexibility index (Phi) is 5.95. The smallest absolute Gasteiger partial charge is 0.0614 e. The summed E-state index contributed by atoms with van der Waals surface area (Å²) in [6, 6.07) is 17.5. The zero-order chi connectivity index (χ0) is 13.9. The summed E-state index contributed by atoms with van der Waals surface area (Å²) in [5.41, 5.74) is 5.40. The van der Waals surface area contributed by atoms with Crippen molar-refractivity contribution in [3.63, 3.8) is 0 Å². The number of halogens is 3. The van der Waals surface area contributed by atoms with Crippen LogP contribution in [-0.4, -0.2) is 29.7 Å². The lowest BCUT2D eigenvalue weighted by Crippen LogP contribution is -2.32. The van der Waals surface area contributed by atoms with Crippen molar-refractivity contribution in [2.75, 3.05) is 24.8 Å². The van der Waals surface area contributed by atoms with Crippen LogP contribution in [0.15, 0.2) is 48.5 Å². The van der Waals surface area contributed by atoms with E-state index in [0.717, 1.165) is 13.1 Å². The Balaban J connectivity index is 0.00000161. The van der Waals surface area contributed by atoms with Gasteiger partial charge in [-0.05, 0) is 22.3 Å². The first-order chi connectivity index (χ1) is 9.86. The van der Waals surface area contributed by atoms with E-state index in [1.807, 2.05) is 0 Å². The zero-order valence-electron chi connectivity index (χ0n) is 11.6. The lowest BCUT2D eigenvalue weighted by atomic mass is 10.0. The fourth-order valence-electron chi connectivity index (χ4n) is 3.11. The molecule has 0 amide bonds. The minimum atomic E-state index is 0. The van der Waals surface area contributed by atoms with Gasteiger partial charge in [-0.1, -0.05) is 48.5 Å². The van der Waals surface area contributed by atoms with Crippen molar-refractivity contribution in [1.82, 2.24) is 4.90 Å². The molecule has 0 spiro atoms. The molecule has 0 saturated heterocycles. The van der Waals surface area contributed by atoms with Crippen LogP contribution in [0, 0.1) is 0 Å². The molecule has 1 aliphatic rings. The molecule has 0 N–H and O–H groups in total. The number of rotatable bonds is 5. The van der Waals surface area contributed by atoms with Crippen molar-refractivity contribution in [2.45, 2.75) is 6.04 Å². The fourth-order valence-corrected chi connectivity index (χ4v) is 3.54. The van der Waals surface area contributed by atoms with Crippen molar-refractivity contribution in [3.05, 3.63) is 59.7 Å². The van der Waals surface area contributed by atoms with Crippen LogP contribution in [0.4, 0.5) is 0 Å². The van der Waals surface area contributed by atoms with Gasteiger partial charge in [0.25, 0.3) is 0 Å². The molecule has 0 saturated carbocycles. The predicted octanol–water partition coefficient (Wildman–Crippen LogP) is 4.96. The molecule has 3 rings (SSSR count). The van der Waals surface area contributed by atoms with E-state index in [1.165, 1.54) is 22.3 Å². The van der Waals surface area contributed by atoms with Gasteiger partial charge in [-0.2, -0.15) is 0 Å². The average molecular weight is 343 g/mol. The summed E-state index contributed by atoms with van der Waals surface area (Å²) >= 11 is 12.0. The summed E-state index contributed by atoms with van der Waals surface area (Å²) in [6.07, 6.45) is 0. The maximum Gasteiger partial charge on any atom is 0.0614 e. The van der Waals surface area contributed by atoms with Crippen LogP contribution in [0.25, 0.3) is 11.1 Å². The molecule has 0 atom stereocenters. The first kappa shape index (κ1) is 16.6. The second-order valence-corrected chi connectivity index (χ2v) is 5.75. The second kappa shape index (κ2) is 7.51. The van der Waals surface area contributed by atoms with Gasteiger partial charge in [0.05, 0.1) is 6.04 Å². The molecule has 0 unspecified atom stereocenters. The van der Waals surface area contributed by atoms with Crippen molar-refractivity contribution >= 4 is 35.6 Å². The summed E-state index contributed by atoms with van der Waals surface area (Å²) in [5.74, 6) is 1.25. The third-order valence-electron chi connectivity index (χ3n) is 3.91. The topological polar surface area (TPSA) is 3.24 Å². The van der Waals surface area contributed by atoms with Gasteiger partial charge in [0.2, 0.25) is 0 Å². The quantitative estimate of drug-likeness (QED) is 0.694. The highest BCUT2D eigenvalue weighted by Gasteiger charge is 2.31. The molecule has 0 bridgehead atoms. The number of fused-ring (bicyclic) bond motifs is 3. The highest BCUT2D eigenvalue weighted by Crippen LogP contribution is 2.45. The molecule has 0 heterocycles. The zero-order valence-corrected chi connectivity index (χ0v) is 14.0. The molecule has 112 valence electrons. The molecule has 1 nitrogen and oxygen atoms in total. The van der Waals surface area contributed by atoms with Gasteiger partial charge in [-0.3, -0.25) is 4.90 Å². The van der Waals surface area contributed by atoms with Gasteiger partial charge >= 0.3 is 0 Å². The Morgan fingerprint density at radius 1 is 0.762 bits per heavy atom. The minimum absolute atomic E-state index is 0. The summed E-state index contributed by atoms with van der Waals surface area (Å²) in [5, 5.41) is 0. The van der Waals surface area contributed by atoms with E-state index in [1.54, 1.807) is 0 Å². The number of alkyl halides is 2. The Morgan fingerprint density at radius 3 is 1.62 bits per heavy atom. The van der Waals surface area contributed by atoms with Crippen molar-refractivity contribution in [3.8, 4) is 11.1 Å². The van der Waals surface area contributed by atoms with Crippen LogP contribution in [0.5, 0.6) is 0 Å². The SMILES string of the molecule is Cl.ClCCN(CCCl)C1c2ccccc2-c2ccccc21. The van der Waals surface area contributed by atoms with E-state index in [2.05, 4.69) is 53.4 Å². The maximum atomic E-state index is 5.98. The van der Waals surface area contributed by atoms with Crippen LogP contribution < -0.4 is 0 Å². The highest BCUT2D eigenvalue weighted by molar-refractivity contribution is 6.18. The Morgan fingerprint density at radius 2 is 1.19 bits per heavy atom. The normalized spacial score (nSPS) is 12.9. The summed E-state index contributed by atoms with van der Waals surface area (Å²) < 4.78 is 0. The van der Waals surface area contributed by atoms with Crippen molar-refractivity contribution in [2.24, 2.45) is 0 Å². The molecule has 2 aromatic carbocycles. The first-order valence-electron chi connectivity index (χ1n) is 6.91. The summed E-state index contributed by atoms with van der Waals surface area (Å²) in [7, 11) is 0. The van der Waals surface area contributed by atoms with Crippen LogP contribution >= 0.6 is 35.6 Å². The van der Waals surface area contributed by atoms with E-state index < -0.39 is 0 Å². The molecule has 0 aliphatic heterocycles. The third-order valence-corrected chi connectivity index (χ3v) is 4.25. The van der Waals surface area contributed by atoms with Gasteiger partial charge in [-0.15, -0.1) is 35.6 Å². The Hall–Kier alpha value is -0.730. The Bertz CT molecular complexity index is 549. The number of hydrogen-bond acceptors (Lipinski definition) is 1. The van der Waals surface area contributed by atoms with Crippen molar-refractivity contribution < 1.29 is 0 Å². The van der Waals surface area contributed by atoms with Crippen LogP contribution in [0.1, 0.15) is 17.2 Å². The van der Waals surface area contributed by atoms with E-state index in [9.17, 15) is 0 Å². The van der Waals surface area contributed by atoms with E-state index in [0.29, 0.717) is 11.8 Å². The number of benzene rings is 2. The molecule has 0 fully saturated rings. The second-order valence-electron chi connectivity index (χ2n) is 4.99. The molecule has 0 radical (unpaired) electrons. The molecule has 4 heteroatoms. The largest absolute Gasteiger partial charge is 0.290 e. The Labute approximate surface area is 142 Å². The highest BCUT2D eigenvalue weighted by atomic mass is 35.5. The van der Waals surface area contributed by atoms with Gasteiger partial charge < -0.3 is 0 Å². The monoisotopic (exact) mass is 341 g/mol. The van der Waals surface area contributed by atoms with Gasteiger partial charge in [0, 0.05) is 24.8 Å².